The second-order valence-electron chi connectivity index (χ2n) is 6.70. The van der Waals surface area contributed by atoms with E-state index in [1.54, 1.807) is 4.90 Å². The molecule has 1 N–H and O–H groups in total. The van der Waals surface area contributed by atoms with Gasteiger partial charge in [0.1, 0.15) is 0 Å². The molecule has 0 saturated carbocycles. The second kappa shape index (κ2) is 8.40. The first-order valence-corrected chi connectivity index (χ1v) is 8.45. The summed E-state index contributed by atoms with van der Waals surface area (Å²) in [6.45, 7) is 7.06. The van der Waals surface area contributed by atoms with Crippen LogP contribution in [0.25, 0.3) is 0 Å². The molecule has 0 aromatic carbocycles. The Morgan fingerprint density at radius 2 is 1.76 bits per heavy atom. The predicted octanol–water partition coefficient (Wildman–Crippen LogP) is 3.70. The van der Waals surface area contributed by atoms with E-state index in [1.807, 2.05) is 13.8 Å². The summed E-state index contributed by atoms with van der Waals surface area (Å²) in [4.78, 5) is 25.5. The van der Waals surface area contributed by atoms with E-state index < -0.39 is 11.4 Å². The van der Waals surface area contributed by atoms with Gasteiger partial charge < -0.3 is 10.0 Å². The lowest BCUT2D eigenvalue weighted by atomic mass is 9.76. The highest BCUT2D eigenvalue weighted by atomic mass is 16.4. The first-order valence-electron chi connectivity index (χ1n) is 8.45. The van der Waals surface area contributed by atoms with Crippen LogP contribution in [0.2, 0.25) is 0 Å². The van der Waals surface area contributed by atoms with Gasteiger partial charge in [-0.05, 0) is 18.8 Å². The number of nitrogens with zero attached hydrogens (tertiary/aromatic N) is 1. The molecule has 21 heavy (non-hydrogen) atoms. The molecule has 1 aliphatic rings. The van der Waals surface area contributed by atoms with Crippen LogP contribution in [0.15, 0.2) is 0 Å². The number of hydrogen-bond donors (Lipinski definition) is 1. The molecule has 0 bridgehead atoms. The lowest BCUT2D eigenvalue weighted by Crippen LogP contribution is -2.40. The molecule has 1 rings (SSSR count). The first kappa shape index (κ1) is 18.0. The van der Waals surface area contributed by atoms with Gasteiger partial charge in [0.05, 0.1) is 5.41 Å². The minimum atomic E-state index is -0.757. The van der Waals surface area contributed by atoms with Crippen molar-refractivity contribution in [2.75, 3.05) is 13.1 Å². The van der Waals surface area contributed by atoms with E-state index in [1.165, 1.54) is 25.7 Å². The minimum absolute atomic E-state index is 0.0573. The number of rotatable bonds is 9. The molecule has 1 unspecified atom stereocenters. The molecule has 1 saturated heterocycles. The standard InChI is InChI=1S/C17H31NO3/c1-4-5-6-7-8-9-10-15(19)18-12-11-17(13-18,14(2)3)16(20)21/h14H,4-13H2,1-3H3,(H,20,21). The van der Waals surface area contributed by atoms with Crippen molar-refractivity contribution >= 4 is 11.9 Å². The summed E-state index contributed by atoms with van der Waals surface area (Å²) in [5, 5.41) is 9.49. The summed E-state index contributed by atoms with van der Waals surface area (Å²) in [5.74, 6) is -0.566. The Hall–Kier alpha value is -1.06. The van der Waals surface area contributed by atoms with Crippen molar-refractivity contribution in [3.63, 3.8) is 0 Å². The van der Waals surface area contributed by atoms with Crippen molar-refractivity contribution in [1.82, 2.24) is 4.90 Å². The number of carbonyl (C=O) groups is 2. The van der Waals surface area contributed by atoms with Crippen molar-refractivity contribution in [3.8, 4) is 0 Å². The normalized spacial score (nSPS) is 22.0. The maximum atomic E-state index is 12.2. The highest BCUT2D eigenvalue weighted by Gasteiger charge is 2.48. The van der Waals surface area contributed by atoms with Crippen molar-refractivity contribution in [2.24, 2.45) is 11.3 Å². The predicted molar refractivity (Wildman–Crippen MR) is 84.1 cm³/mol. The fourth-order valence-corrected chi connectivity index (χ4v) is 3.15. The highest BCUT2D eigenvalue weighted by molar-refractivity contribution is 5.80. The quantitative estimate of drug-likeness (QED) is 0.660. The van der Waals surface area contributed by atoms with Crippen LogP contribution in [-0.2, 0) is 9.59 Å². The molecular formula is C17H31NO3. The molecule has 4 heteroatoms. The Labute approximate surface area is 128 Å². The third-order valence-electron chi connectivity index (χ3n) is 4.93. The topological polar surface area (TPSA) is 57.6 Å². The molecule has 0 aromatic rings. The molecule has 0 aliphatic carbocycles. The minimum Gasteiger partial charge on any atom is -0.481 e. The fraction of sp³-hybridized carbons (Fsp3) is 0.882. The van der Waals surface area contributed by atoms with Crippen LogP contribution >= 0.6 is 0 Å². The highest BCUT2D eigenvalue weighted by Crippen LogP contribution is 2.38. The average Bonchev–Trinajstić information content (AvgIpc) is 2.89. The maximum Gasteiger partial charge on any atom is 0.311 e. The second-order valence-corrected chi connectivity index (χ2v) is 6.70. The van der Waals surface area contributed by atoms with Crippen LogP contribution in [0, 0.1) is 11.3 Å². The van der Waals surface area contributed by atoms with Crippen LogP contribution < -0.4 is 0 Å². The van der Waals surface area contributed by atoms with Crippen molar-refractivity contribution in [3.05, 3.63) is 0 Å². The molecule has 4 nitrogen and oxygen atoms in total. The molecule has 1 amide bonds. The molecule has 1 heterocycles. The van der Waals surface area contributed by atoms with Gasteiger partial charge in [0.25, 0.3) is 0 Å². The monoisotopic (exact) mass is 297 g/mol. The SMILES string of the molecule is CCCCCCCCC(=O)N1CCC(C(=O)O)(C(C)C)C1. The van der Waals surface area contributed by atoms with Crippen LogP contribution in [0.1, 0.15) is 72.1 Å². The van der Waals surface area contributed by atoms with Gasteiger partial charge in [-0.25, -0.2) is 0 Å². The van der Waals surface area contributed by atoms with Crippen LogP contribution in [-0.4, -0.2) is 35.0 Å². The van der Waals surface area contributed by atoms with E-state index in [9.17, 15) is 14.7 Å². The Balaban J connectivity index is 2.35. The average molecular weight is 297 g/mol. The molecule has 1 aliphatic heterocycles. The largest absolute Gasteiger partial charge is 0.481 e. The van der Waals surface area contributed by atoms with Crippen LogP contribution in [0.4, 0.5) is 0 Å². The van der Waals surface area contributed by atoms with E-state index >= 15 is 0 Å². The summed E-state index contributed by atoms with van der Waals surface area (Å²) < 4.78 is 0. The summed E-state index contributed by atoms with van der Waals surface area (Å²) in [7, 11) is 0. The van der Waals surface area contributed by atoms with Gasteiger partial charge in [0, 0.05) is 19.5 Å². The lowest BCUT2D eigenvalue weighted by molar-refractivity contribution is -0.151. The fourth-order valence-electron chi connectivity index (χ4n) is 3.15. The number of carboxylic acids is 1. The van der Waals surface area contributed by atoms with E-state index in [0.29, 0.717) is 25.9 Å². The number of aliphatic carboxylic acids is 1. The lowest BCUT2D eigenvalue weighted by Gasteiger charge is -2.28. The number of likely N-dealkylation sites (tertiary alicyclic amines) is 1. The molecule has 1 atom stereocenters. The maximum absolute atomic E-state index is 12.2. The summed E-state index contributed by atoms with van der Waals surface area (Å²) >= 11 is 0. The van der Waals surface area contributed by atoms with Gasteiger partial charge >= 0.3 is 5.97 Å². The number of amides is 1. The molecule has 122 valence electrons. The molecule has 1 fully saturated rings. The molecule has 0 spiro atoms. The number of carbonyl (C=O) groups excluding carboxylic acids is 1. The van der Waals surface area contributed by atoms with Gasteiger partial charge in [-0.3, -0.25) is 9.59 Å². The Morgan fingerprint density at radius 1 is 1.14 bits per heavy atom. The van der Waals surface area contributed by atoms with Crippen LogP contribution in [0.5, 0.6) is 0 Å². The number of hydrogen-bond acceptors (Lipinski definition) is 2. The Morgan fingerprint density at radius 3 is 2.29 bits per heavy atom. The van der Waals surface area contributed by atoms with E-state index in [0.717, 1.165) is 12.8 Å². The third kappa shape index (κ3) is 4.72. The van der Waals surface area contributed by atoms with Gasteiger partial charge in [-0.15, -0.1) is 0 Å². The molecule has 0 aromatic heterocycles. The van der Waals surface area contributed by atoms with Crippen LogP contribution in [0.3, 0.4) is 0 Å². The zero-order chi connectivity index (χ0) is 15.9. The Bertz CT molecular complexity index is 354. The van der Waals surface area contributed by atoms with Crippen molar-refractivity contribution in [1.29, 1.82) is 0 Å². The molecule has 0 radical (unpaired) electrons. The van der Waals surface area contributed by atoms with Gasteiger partial charge in [0.15, 0.2) is 0 Å². The smallest absolute Gasteiger partial charge is 0.311 e. The summed E-state index contributed by atoms with van der Waals surface area (Å²) in [6, 6.07) is 0. The zero-order valence-electron chi connectivity index (χ0n) is 13.9. The van der Waals surface area contributed by atoms with Gasteiger partial charge in [-0.1, -0.05) is 52.9 Å². The van der Waals surface area contributed by atoms with E-state index in [2.05, 4.69) is 6.92 Å². The molecular weight excluding hydrogens is 266 g/mol. The Kier molecular flexibility index (Phi) is 7.20. The van der Waals surface area contributed by atoms with Gasteiger partial charge in [-0.2, -0.15) is 0 Å². The van der Waals surface area contributed by atoms with Gasteiger partial charge in [0.2, 0.25) is 5.91 Å². The number of unbranched alkanes of at least 4 members (excludes halogenated alkanes) is 5. The van der Waals surface area contributed by atoms with E-state index in [-0.39, 0.29) is 11.8 Å². The summed E-state index contributed by atoms with van der Waals surface area (Å²) in [5.41, 5.74) is -0.739. The summed E-state index contributed by atoms with van der Waals surface area (Å²) in [6.07, 6.45) is 8.15. The third-order valence-corrected chi connectivity index (χ3v) is 4.93. The van der Waals surface area contributed by atoms with Crippen molar-refractivity contribution in [2.45, 2.75) is 72.1 Å². The van der Waals surface area contributed by atoms with E-state index in [4.69, 9.17) is 0 Å². The number of carboxylic acid groups (broad SMARTS) is 1. The van der Waals surface area contributed by atoms with Crippen molar-refractivity contribution < 1.29 is 14.7 Å². The first-order chi connectivity index (χ1) is 9.94. The zero-order valence-corrected chi connectivity index (χ0v) is 13.9.